The standard InChI is InChI=1S/C21H22ClN3O3/c1-13-17(11-23-25(13)15-9-21(2,27)10-15)19-8-14(12-24(19)20(26)28-3)16-6-4-5-7-18(16)22/h4-8,11-12,15,27H,9-10H2,1-3H3. The minimum Gasteiger partial charge on any atom is -0.452 e. The molecule has 146 valence electrons. The number of hydrogen-bond acceptors (Lipinski definition) is 4. The van der Waals surface area contributed by atoms with Crippen molar-refractivity contribution in [1.82, 2.24) is 14.3 Å². The SMILES string of the molecule is COC(=O)n1cc(-c2ccccc2Cl)cc1-c1cnn(C2CC(C)(O)C2)c1C. The van der Waals surface area contributed by atoms with E-state index in [1.165, 1.54) is 11.7 Å². The first-order valence-electron chi connectivity index (χ1n) is 9.13. The van der Waals surface area contributed by atoms with Crippen LogP contribution >= 0.6 is 11.6 Å². The molecule has 0 atom stereocenters. The zero-order chi connectivity index (χ0) is 20.1. The van der Waals surface area contributed by atoms with Crippen molar-refractivity contribution in [2.45, 2.75) is 38.3 Å². The highest BCUT2D eigenvalue weighted by Crippen LogP contribution is 2.42. The second kappa shape index (κ2) is 6.79. The van der Waals surface area contributed by atoms with Gasteiger partial charge in [-0.05, 0) is 38.8 Å². The molecule has 0 unspecified atom stereocenters. The van der Waals surface area contributed by atoms with Crippen molar-refractivity contribution in [1.29, 1.82) is 0 Å². The van der Waals surface area contributed by atoms with Crippen LogP contribution < -0.4 is 0 Å². The van der Waals surface area contributed by atoms with Gasteiger partial charge in [0, 0.05) is 33.6 Å². The van der Waals surface area contributed by atoms with Crippen LogP contribution in [0.4, 0.5) is 4.79 Å². The molecular weight excluding hydrogens is 378 g/mol. The van der Waals surface area contributed by atoms with Crippen molar-refractivity contribution in [2.24, 2.45) is 0 Å². The van der Waals surface area contributed by atoms with Gasteiger partial charge in [0.1, 0.15) is 0 Å². The average Bonchev–Trinajstić information content (AvgIpc) is 3.23. The van der Waals surface area contributed by atoms with Gasteiger partial charge in [-0.15, -0.1) is 0 Å². The second-order valence-electron chi connectivity index (χ2n) is 7.58. The maximum absolute atomic E-state index is 12.4. The van der Waals surface area contributed by atoms with Gasteiger partial charge in [0.15, 0.2) is 0 Å². The average molecular weight is 400 g/mol. The molecule has 1 saturated carbocycles. The number of carbonyl (C=O) groups is 1. The number of aliphatic hydroxyl groups is 1. The number of aromatic nitrogens is 3. The van der Waals surface area contributed by atoms with Gasteiger partial charge in [0.2, 0.25) is 0 Å². The molecule has 0 radical (unpaired) electrons. The monoisotopic (exact) mass is 399 g/mol. The van der Waals surface area contributed by atoms with E-state index in [0.717, 1.165) is 22.4 Å². The largest absolute Gasteiger partial charge is 0.452 e. The van der Waals surface area contributed by atoms with Gasteiger partial charge in [0.05, 0.1) is 30.6 Å². The van der Waals surface area contributed by atoms with E-state index in [4.69, 9.17) is 16.3 Å². The van der Waals surface area contributed by atoms with Gasteiger partial charge in [-0.2, -0.15) is 5.10 Å². The number of carbonyl (C=O) groups excluding carboxylic acids is 1. The highest BCUT2D eigenvalue weighted by molar-refractivity contribution is 6.33. The molecule has 1 N–H and O–H groups in total. The predicted molar refractivity (Wildman–Crippen MR) is 108 cm³/mol. The van der Waals surface area contributed by atoms with E-state index >= 15 is 0 Å². The lowest BCUT2D eigenvalue weighted by Crippen LogP contribution is -2.42. The first kappa shape index (κ1) is 18.8. The first-order valence-corrected chi connectivity index (χ1v) is 9.51. The minimum absolute atomic E-state index is 0.160. The van der Waals surface area contributed by atoms with Gasteiger partial charge < -0.3 is 9.84 Å². The zero-order valence-electron chi connectivity index (χ0n) is 16.0. The van der Waals surface area contributed by atoms with Crippen molar-refractivity contribution < 1.29 is 14.6 Å². The van der Waals surface area contributed by atoms with Crippen LogP contribution in [-0.2, 0) is 4.74 Å². The molecule has 1 aromatic carbocycles. The molecule has 4 rings (SSSR count). The minimum atomic E-state index is -0.632. The smallest absolute Gasteiger partial charge is 0.418 e. The molecule has 0 saturated heterocycles. The molecular formula is C21H22ClN3O3. The van der Waals surface area contributed by atoms with Crippen molar-refractivity contribution in [3.8, 4) is 22.4 Å². The Morgan fingerprint density at radius 2 is 2.04 bits per heavy atom. The van der Waals surface area contributed by atoms with Crippen LogP contribution in [0.2, 0.25) is 5.02 Å². The Morgan fingerprint density at radius 3 is 2.68 bits per heavy atom. The molecule has 7 heteroatoms. The maximum atomic E-state index is 12.4. The summed E-state index contributed by atoms with van der Waals surface area (Å²) in [6.45, 7) is 3.81. The third kappa shape index (κ3) is 3.12. The predicted octanol–water partition coefficient (Wildman–Crippen LogP) is 4.68. The van der Waals surface area contributed by atoms with Gasteiger partial charge in [-0.1, -0.05) is 29.8 Å². The van der Waals surface area contributed by atoms with Crippen LogP contribution in [0.5, 0.6) is 0 Å². The number of methoxy groups -OCH3 is 1. The highest BCUT2D eigenvalue weighted by Gasteiger charge is 2.40. The molecule has 2 aromatic heterocycles. The molecule has 3 aromatic rings. The lowest BCUT2D eigenvalue weighted by atomic mass is 9.77. The third-order valence-corrected chi connectivity index (χ3v) is 5.72. The normalized spacial score (nSPS) is 21.4. The summed E-state index contributed by atoms with van der Waals surface area (Å²) in [5, 5.41) is 15.2. The van der Waals surface area contributed by atoms with Gasteiger partial charge in [-0.3, -0.25) is 9.25 Å². The number of halogens is 1. The summed E-state index contributed by atoms with van der Waals surface area (Å²) < 4.78 is 8.37. The number of benzene rings is 1. The second-order valence-corrected chi connectivity index (χ2v) is 7.99. The van der Waals surface area contributed by atoms with Crippen LogP contribution in [0.3, 0.4) is 0 Å². The van der Waals surface area contributed by atoms with Gasteiger partial charge >= 0.3 is 6.09 Å². The Labute approximate surface area is 168 Å². The summed E-state index contributed by atoms with van der Waals surface area (Å²) in [5.74, 6) is 0. The number of rotatable bonds is 3. The Morgan fingerprint density at radius 1 is 1.32 bits per heavy atom. The van der Waals surface area contributed by atoms with E-state index in [0.29, 0.717) is 23.6 Å². The fourth-order valence-corrected chi connectivity index (χ4v) is 4.18. The van der Waals surface area contributed by atoms with E-state index in [9.17, 15) is 9.90 Å². The summed E-state index contributed by atoms with van der Waals surface area (Å²) in [5.41, 5.74) is 3.51. The van der Waals surface area contributed by atoms with Crippen molar-refractivity contribution >= 4 is 17.7 Å². The van der Waals surface area contributed by atoms with Crippen molar-refractivity contribution in [3.63, 3.8) is 0 Å². The Hall–Kier alpha value is -2.57. The lowest BCUT2D eigenvalue weighted by Gasteiger charge is -2.41. The number of nitrogens with zero attached hydrogens (tertiary/aromatic N) is 3. The number of hydrogen-bond donors (Lipinski definition) is 1. The molecule has 6 nitrogen and oxygen atoms in total. The molecule has 2 heterocycles. The van der Waals surface area contributed by atoms with Gasteiger partial charge in [0.25, 0.3) is 0 Å². The zero-order valence-corrected chi connectivity index (χ0v) is 16.8. The molecule has 28 heavy (non-hydrogen) atoms. The summed E-state index contributed by atoms with van der Waals surface area (Å²) in [4.78, 5) is 12.4. The quantitative estimate of drug-likeness (QED) is 0.694. The Balaban J connectivity index is 1.78. The van der Waals surface area contributed by atoms with E-state index in [1.54, 1.807) is 12.4 Å². The molecule has 0 spiro atoms. The lowest BCUT2D eigenvalue weighted by molar-refractivity contribution is -0.0548. The van der Waals surface area contributed by atoms with E-state index in [2.05, 4.69) is 5.10 Å². The van der Waals surface area contributed by atoms with Crippen LogP contribution in [0.1, 0.15) is 31.5 Å². The van der Waals surface area contributed by atoms with Crippen molar-refractivity contribution in [2.75, 3.05) is 7.11 Å². The van der Waals surface area contributed by atoms with Crippen molar-refractivity contribution in [3.05, 3.63) is 53.4 Å². The van der Waals surface area contributed by atoms with E-state index < -0.39 is 11.7 Å². The molecule has 0 bridgehead atoms. The topological polar surface area (TPSA) is 69.3 Å². The summed E-state index contributed by atoms with van der Waals surface area (Å²) >= 11 is 6.34. The highest BCUT2D eigenvalue weighted by atomic mass is 35.5. The van der Waals surface area contributed by atoms with Crippen LogP contribution in [0, 0.1) is 6.92 Å². The first-order chi connectivity index (χ1) is 13.3. The number of ether oxygens (including phenoxy) is 1. The Kier molecular flexibility index (Phi) is 4.56. The molecule has 1 aliphatic carbocycles. The molecule has 0 amide bonds. The molecule has 0 aliphatic heterocycles. The molecule has 1 aliphatic rings. The van der Waals surface area contributed by atoms with E-state index in [-0.39, 0.29) is 6.04 Å². The fraction of sp³-hybridized carbons (Fsp3) is 0.333. The van der Waals surface area contributed by atoms with E-state index in [1.807, 2.05) is 48.9 Å². The summed E-state index contributed by atoms with van der Waals surface area (Å²) in [6, 6.07) is 9.58. The maximum Gasteiger partial charge on any atom is 0.418 e. The van der Waals surface area contributed by atoms with Crippen LogP contribution in [0.25, 0.3) is 22.4 Å². The third-order valence-electron chi connectivity index (χ3n) is 5.39. The van der Waals surface area contributed by atoms with Crippen LogP contribution in [-0.4, -0.2) is 38.3 Å². The Bertz CT molecular complexity index is 1040. The summed E-state index contributed by atoms with van der Waals surface area (Å²) in [6.07, 6.45) is 4.34. The molecule has 1 fully saturated rings. The van der Waals surface area contributed by atoms with Gasteiger partial charge in [-0.25, -0.2) is 4.79 Å². The fourth-order valence-electron chi connectivity index (χ4n) is 3.93. The van der Waals surface area contributed by atoms with Crippen LogP contribution in [0.15, 0.2) is 42.7 Å². The summed E-state index contributed by atoms with van der Waals surface area (Å²) in [7, 11) is 1.36.